The van der Waals surface area contributed by atoms with E-state index in [0.717, 1.165) is 12.1 Å². The number of thiazole rings is 1. The Morgan fingerprint density at radius 2 is 2.35 bits per heavy atom. The summed E-state index contributed by atoms with van der Waals surface area (Å²) < 4.78 is 5.03. The third-order valence-electron chi connectivity index (χ3n) is 2.76. The number of nitrogens with zero attached hydrogens (tertiary/aromatic N) is 1. The molecule has 0 atom stereocenters. The van der Waals surface area contributed by atoms with Gasteiger partial charge in [-0.15, -0.1) is 11.3 Å². The zero-order chi connectivity index (χ0) is 14.4. The number of nitrogen functional groups attached to an aromatic ring is 1. The fourth-order valence-corrected chi connectivity index (χ4v) is 2.42. The van der Waals surface area contributed by atoms with Crippen LogP contribution in [0, 0.1) is 0 Å². The van der Waals surface area contributed by atoms with Gasteiger partial charge in [-0.25, -0.2) is 9.78 Å². The van der Waals surface area contributed by atoms with Gasteiger partial charge in [-0.05, 0) is 19.1 Å². The van der Waals surface area contributed by atoms with E-state index in [1.165, 1.54) is 0 Å². The molecule has 106 valence electrons. The number of carbonyl (C=O) groups excluding carboxylic acids is 1. The molecule has 0 unspecified atom stereocenters. The van der Waals surface area contributed by atoms with Gasteiger partial charge in [0.1, 0.15) is 0 Å². The predicted octanol–water partition coefficient (Wildman–Crippen LogP) is 2.56. The monoisotopic (exact) mass is 291 g/mol. The van der Waals surface area contributed by atoms with E-state index >= 15 is 0 Å². The summed E-state index contributed by atoms with van der Waals surface area (Å²) >= 11 is 1.57. The van der Waals surface area contributed by atoms with Crippen LogP contribution in [-0.4, -0.2) is 24.1 Å². The zero-order valence-electron chi connectivity index (χ0n) is 11.3. The zero-order valence-corrected chi connectivity index (χ0v) is 12.1. The summed E-state index contributed by atoms with van der Waals surface area (Å²) in [5.41, 5.74) is 10.4. The second kappa shape index (κ2) is 6.91. The summed E-state index contributed by atoms with van der Waals surface area (Å²) in [4.78, 5) is 16.1. The van der Waals surface area contributed by atoms with E-state index in [0.29, 0.717) is 30.1 Å². The van der Waals surface area contributed by atoms with E-state index in [1.807, 2.05) is 5.38 Å². The number of anilines is 2. The quantitative estimate of drug-likeness (QED) is 0.632. The molecule has 2 aromatic rings. The number of carbonyl (C=O) groups is 1. The summed E-state index contributed by atoms with van der Waals surface area (Å²) in [5, 5.41) is 5.20. The number of esters is 1. The maximum absolute atomic E-state index is 11.9. The van der Waals surface area contributed by atoms with Gasteiger partial charge in [0, 0.05) is 18.3 Å². The van der Waals surface area contributed by atoms with Crippen molar-refractivity contribution in [2.24, 2.45) is 0 Å². The van der Waals surface area contributed by atoms with E-state index in [4.69, 9.17) is 10.5 Å². The van der Waals surface area contributed by atoms with Gasteiger partial charge in [-0.3, -0.25) is 0 Å². The van der Waals surface area contributed by atoms with Gasteiger partial charge in [0.2, 0.25) is 0 Å². The van der Waals surface area contributed by atoms with Gasteiger partial charge in [-0.1, -0.05) is 6.07 Å². The highest BCUT2D eigenvalue weighted by molar-refractivity contribution is 7.07. The van der Waals surface area contributed by atoms with Crippen molar-refractivity contribution in [3.05, 3.63) is 40.3 Å². The molecule has 5 nitrogen and oxygen atoms in total. The van der Waals surface area contributed by atoms with Crippen molar-refractivity contribution in [3.8, 4) is 0 Å². The molecular weight excluding hydrogens is 274 g/mol. The molecule has 6 heteroatoms. The highest BCUT2D eigenvalue weighted by Gasteiger charge is 2.14. The molecule has 0 amide bonds. The molecule has 0 spiro atoms. The molecule has 0 aliphatic carbocycles. The number of nitrogens with one attached hydrogen (secondary N) is 1. The Labute approximate surface area is 121 Å². The Morgan fingerprint density at radius 3 is 3.05 bits per heavy atom. The number of hydrogen-bond acceptors (Lipinski definition) is 6. The molecule has 2 rings (SSSR count). The normalized spacial score (nSPS) is 10.2. The van der Waals surface area contributed by atoms with Gasteiger partial charge < -0.3 is 15.8 Å². The van der Waals surface area contributed by atoms with E-state index in [-0.39, 0.29) is 5.97 Å². The van der Waals surface area contributed by atoms with Crippen molar-refractivity contribution < 1.29 is 9.53 Å². The van der Waals surface area contributed by atoms with Crippen molar-refractivity contribution in [2.75, 3.05) is 24.2 Å². The number of nitrogens with two attached hydrogens (primary N) is 1. The molecule has 0 saturated carbocycles. The number of aromatic nitrogens is 1. The summed E-state index contributed by atoms with van der Waals surface area (Å²) in [6.45, 7) is 2.77. The van der Waals surface area contributed by atoms with E-state index < -0.39 is 0 Å². The molecule has 1 aromatic heterocycles. The summed E-state index contributed by atoms with van der Waals surface area (Å²) in [5.74, 6) is -0.365. The lowest BCUT2D eigenvalue weighted by molar-refractivity contribution is 0.0527. The van der Waals surface area contributed by atoms with Crippen LogP contribution in [0.5, 0.6) is 0 Å². The van der Waals surface area contributed by atoms with Gasteiger partial charge in [0.05, 0.1) is 34.7 Å². The van der Waals surface area contributed by atoms with Crippen LogP contribution >= 0.6 is 11.3 Å². The van der Waals surface area contributed by atoms with Crippen LogP contribution in [0.3, 0.4) is 0 Å². The fourth-order valence-electron chi connectivity index (χ4n) is 1.82. The highest BCUT2D eigenvalue weighted by Crippen LogP contribution is 2.24. The molecule has 0 fully saturated rings. The first kappa shape index (κ1) is 14.3. The van der Waals surface area contributed by atoms with Crippen molar-refractivity contribution in [1.29, 1.82) is 0 Å². The van der Waals surface area contributed by atoms with Crippen LogP contribution in [-0.2, 0) is 11.2 Å². The van der Waals surface area contributed by atoms with Gasteiger partial charge in [0.15, 0.2) is 0 Å². The van der Waals surface area contributed by atoms with E-state index in [9.17, 15) is 4.79 Å². The lowest BCUT2D eigenvalue weighted by atomic mass is 10.1. The third kappa shape index (κ3) is 3.48. The maximum atomic E-state index is 11.9. The minimum atomic E-state index is -0.365. The number of ether oxygens (including phenoxy) is 1. The van der Waals surface area contributed by atoms with Crippen LogP contribution in [0.1, 0.15) is 23.0 Å². The Balaban J connectivity index is 2.07. The molecule has 0 bridgehead atoms. The molecule has 0 saturated heterocycles. The van der Waals surface area contributed by atoms with Crippen LogP contribution in [0.2, 0.25) is 0 Å². The predicted molar refractivity (Wildman–Crippen MR) is 81.1 cm³/mol. The average Bonchev–Trinajstić information content (AvgIpc) is 2.94. The Kier molecular flexibility index (Phi) is 4.95. The van der Waals surface area contributed by atoms with Crippen LogP contribution < -0.4 is 11.1 Å². The third-order valence-corrected chi connectivity index (χ3v) is 3.39. The minimum Gasteiger partial charge on any atom is -0.462 e. The molecule has 0 aliphatic rings. The standard InChI is InChI=1S/C14H17N3O2S/c1-2-19-14(18)11-4-3-5-12(15)13(11)16-7-6-10-8-20-9-17-10/h3-5,8-9,16H,2,6-7,15H2,1H3. The molecule has 20 heavy (non-hydrogen) atoms. The second-order valence-electron chi connectivity index (χ2n) is 4.15. The molecule has 1 heterocycles. The molecule has 1 aromatic carbocycles. The van der Waals surface area contributed by atoms with Crippen LogP contribution in [0.4, 0.5) is 11.4 Å². The first-order chi connectivity index (χ1) is 9.72. The smallest absolute Gasteiger partial charge is 0.340 e. The molecule has 3 N–H and O–H groups in total. The Bertz CT molecular complexity index is 570. The first-order valence-corrected chi connectivity index (χ1v) is 7.33. The van der Waals surface area contributed by atoms with Crippen molar-refractivity contribution in [2.45, 2.75) is 13.3 Å². The summed E-state index contributed by atoms with van der Waals surface area (Å²) in [6.07, 6.45) is 0.778. The number of hydrogen-bond donors (Lipinski definition) is 2. The van der Waals surface area contributed by atoms with Gasteiger partial charge in [-0.2, -0.15) is 0 Å². The van der Waals surface area contributed by atoms with E-state index in [2.05, 4.69) is 10.3 Å². The number of rotatable bonds is 6. The summed E-state index contributed by atoms with van der Waals surface area (Å²) in [6, 6.07) is 5.21. The topological polar surface area (TPSA) is 77.2 Å². The first-order valence-electron chi connectivity index (χ1n) is 6.39. The van der Waals surface area contributed by atoms with Crippen molar-refractivity contribution in [3.63, 3.8) is 0 Å². The average molecular weight is 291 g/mol. The molecule has 0 aliphatic heterocycles. The molecule has 0 radical (unpaired) electrons. The highest BCUT2D eigenvalue weighted by atomic mass is 32.1. The second-order valence-corrected chi connectivity index (χ2v) is 4.87. The van der Waals surface area contributed by atoms with Gasteiger partial charge >= 0.3 is 5.97 Å². The Morgan fingerprint density at radius 1 is 1.50 bits per heavy atom. The largest absolute Gasteiger partial charge is 0.462 e. The lowest BCUT2D eigenvalue weighted by Crippen LogP contribution is -2.13. The number of benzene rings is 1. The SMILES string of the molecule is CCOC(=O)c1cccc(N)c1NCCc1cscn1. The maximum Gasteiger partial charge on any atom is 0.340 e. The Hall–Kier alpha value is -2.08. The van der Waals surface area contributed by atoms with Gasteiger partial charge in [0.25, 0.3) is 0 Å². The lowest BCUT2D eigenvalue weighted by Gasteiger charge is -2.13. The van der Waals surface area contributed by atoms with Crippen molar-refractivity contribution in [1.82, 2.24) is 4.98 Å². The van der Waals surface area contributed by atoms with Crippen LogP contribution in [0.25, 0.3) is 0 Å². The molecular formula is C14H17N3O2S. The summed E-state index contributed by atoms with van der Waals surface area (Å²) in [7, 11) is 0. The minimum absolute atomic E-state index is 0.339. The van der Waals surface area contributed by atoms with Crippen LogP contribution in [0.15, 0.2) is 29.1 Å². The fraction of sp³-hybridized carbons (Fsp3) is 0.286. The van der Waals surface area contributed by atoms with E-state index in [1.54, 1.807) is 42.0 Å². The number of para-hydroxylation sites is 1. The van der Waals surface area contributed by atoms with Crippen molar-refractivity contribution >= 4 is 28.7 Å².